The van der Waals surface area contributed by atoms with Gasteiger partial charge in [-0.15, -0.1) is 6.42 Å². The molecule has 0 radical (unpaired) electrons. The molecule has 0 bridgehead atoms. The van der Waals surface area contributed by atoms with Crippen LogP contribution in [0.3, 0.4) is 0 Å². The smallest absolute Gasteiger partial charge is 0.0909 e. The molecule has 1 rings (SSSR count). The van der Waals surface area contributed by atoms with E-state index >= 15 is 0 Å². The van der Waals surface area contributed by atoms with E-state index in [0.717, 1.165) is 30.4 Å². The molecule has 0 atom stereocenters. The van der Waals surface area contributed by atoms with E-state index in [1.807, 2.05) is 0 Å². The summed E-state index contributed by atoms with van der Waals surface area (Å²) in [6.45, 7) is 8.86. The molecule has 0 aliphatic carbocycles. The molecule has 1 aliphatic heterocycles. The minimum Gasteiger partial charge on any atom is -0.328 e. The van der Waals surface area contributed by atoms with E-state index in [0.29, 0.717) is 0 Å². The van der Waals surface area contributed by atoms with Gasteiger partial charge in [-0.05, 0) is 20.8 Å². The monoisotopic (exact) mass is 209 g/mol. The van der Waals surface area contributed by atoms with Gasteiger partial charge in [-0.1, -0.05) is 5.92 Å². The van der Waals surface area contributed by atoms with Gasteiger partial charge in [0.25, 0.3) is 0 Å². The number of hydrogen-bond donors (Lipinski definition) is 1. The largest absolute Gasteiger partial charge is 0.328 e. The first kappa shape index (κ1) is 12.5. The highest BCUT2D eigenvalue weighted by atomic mass is 15.3. The van der Waals surface area contributed by atoms with Gasteiger partial charge in [0.15, 0.2) is 0 Å². The van der Waals surface area contributed by atoms with Crippen molar-refractivity contribution >= 4 is 0 Å². The maximum absolute atomic E-state index is 5.71. The van der Waals surface area contributed by atoms with Gasteiger partial charge in [0, 0.05) is 18.4 Å². The van der Waals surface area contributed by atoms with Crippen LogP contribution in [-0.2, 0) is 0 Å². The molecule has 1 saturated heterocycles. The fraction of sp³-hybridized carbons (Fsp3) is 0.846. The van der Waals surface area contributed by atoms with E-state index in [2.05, 4.69) is 46.1 Å². The third-order valence-electron chi connectivity index (χ3n) is 3.18. The summed E-state index contributed by atoms with van der Waals surface area (Å²) in [4.78, 5) is 0. The molecule has 0 aromatic carbocycles. The Morgan fingerprint density at radius 2 is 1.67 bits per heavy atom. The number of quaternary nitrogens is 1. The van der Waals surface area contributed by atoms with Crippen molar-refractivity contribution in [3.8, 4) is 12.3 Å². The molecule has 86 valence electrons. The number of nitrogens with zero attached hydrogens (tertiary/aromatic N) is 1. The lowest BCUT2D eigenvalue weighted by Crippen LogP contribution is -2.61. The number of terminal acetylenes is 1. The SMILES string of the molecule is C#CC1(NC(C)(C)C)CC[N+](C)(C)CC1. The Labute approximate surface area is 94.6 Å². The van der Waals surface area contributed by atoms with Crippen molar-refractivity contribution in [2.75, 3.05) is 27.2 Å². The van der Waals surface area contributed by atoms with E-state index in [-0.39, 0.29) is 11.1 Å². The lowest BCUT2D eigenvalue weighted by atomic mass is 9.85. The summed E-state index contributed by atoms with van der Waals surface area (Å²) < 4.78 is 1.09. The first-order valence-corrected chi connectivity index (χ1v) is 5.77. The van der Waals surface area contributed by atoms with Crippen molar-refractivity contribution in [1.29, 1.82) is 0 Å². The van der Waals surface area contributed by atoms with Crippen LogP contribution in [0.1, 0.15) is 33.6 Å². The summed E-state index contributed by atoms with van der Waals surface area (Å²) in [6.07, 6.45) is 7.87. The Kier molecular flexibility index (Phi) is 3.19. The summed E-state index contributed by atoms with van der Waals surface area (Å²) in [5, 5.41) is 3.61. The summed E-state index contributed by atoms with van der Waals surface area (Å²) in [7, 11) is 4.55. The third-order valence-corrected chi connectivity index (χ3v) is 3.18. The van der Waals surface area contributed by atoms with Crippen LogP contribution in [-0.4, -0.2) is 42.7 Å². The van der Waals surface area contributed by atoms with Crippen LogP contribution in [0.5, 0.6) is 0 Å². The zero-order valence-electron chi connectivity index (χ0n) is 10.9. The summed E-state index contributed by atoms with van der Waals surface area (Å²) in [5.74, 6) is 2.99. The second kappa shape index (κ2) is 3.81. The highest BCUT2D eigenvalue weighted by Crippen LogP contribution is 2.26. The third kappa shape index (κ3) is 3.52. The molecule has 2 nitrogen and oxygen atoms in total. The molecule has 0 aromatic heterocycles. The second-order valence-corrected chi connectivity index (χ2v) is 6.48. The molecule has 1 heterocycles. The lowest BCUT2D eigenvalue weighted by molar-refractivity contribution is -0.896. The van der Waals surface area contributed by atoms with Crippen LogP contribution < -0.4 is 5.32 Å². The number of piperidine rings is 1. The standard InChI is InChI=1S/C13H25N2/c1-7-13(14-12(2,3)4)8-10-15(5,6)11-9-13/h1,14H,8-11H2,2-6H3/q+1. The Balaban J connectivity index is 2.70. The first-order chi connectivity index (χ1) is 6.68. The maximum atomic E-state index is 5.71. The van der Waals surface area contributed by atoms with E-state index in [4.69, 9.17) is 6.42 Å². The van der Waals surface area contributed by atoms with Crippen molar-refractivity contribution in [2.24, 2.45) is 0 Å². The summed E-state index contributed by atoms with van der Waals surface area (Å²) in [6, 6.07) is 0. The Bertz CT molecular complexity index is 255. The van der Waals surface area contributed by atoms with E-state index in [1.54, 1.807) is 0 Å². The van der Waals surface area contributed by atoms with Gasteiger partial charge in [0.05, 0.1) is 32.7 Å². The minimum atomic E-state index is -0.0774. The van der Waals surface area contributed by atoms with Crippen LogP contribution in [0.25, 0.3) is 0 Å². The van der Waals surface area contributed by atoms with Crippen LogP contribution in [0.4, 0.5) is 0 Å². The molecule has 0 amide bonds. The molecule has 0 spiro atoms. The highest BCUT2D eigenvalue weighted by Gasteiger charge is 2.39. The van der Waals surface area contributed by atoms with Gasteiger partial charge < -0.3 is 4.48 Å². The van der Waals surface area contributed by atoms with Crippen molar-refractivity contribution in [2.45, 2.75) is 44.7 Å². The average Bonchev–Trinajstić information content (AvgIpc) is 2.07. The Morgan fingerprint density at radius 1 is 1.20 bits per heavy atom. The minimum absolute atomic E-state index is 0.0774. The van der Waals surface area contributed by atoms with Crippen LogP contribution >= 0.6 is 0 Å². The zero-order chi connectivity index (χ0) is 11.7. The van der Waals surface area contributed by atoms with Gasteiger partial charge in [-0.2, -0.15) is 0 Å². The number of hydrogen-bond acceptors (Lipinski definition) is 1. The predicted molar refractivity (Wildman–Crippen MR) is 65.5 cm³/mol. The van der Waals surface area contributed by atoms with Crippen LogP contribution in [0.2, 0.25) is 0 Å². The number of likely N-dealkylation sites (tertiary alicyclic amines) is 1. The lowest BCUT2D eigenvalue weighted by Gasteiger charge is -2.45. The molecule has 0 saturated carbocycles. The highest BCUT2D eigenvalue weighted by molar-refractivity contribution is 5.15. The molecule has 15 heavy (non-hydrogen) atoms. The second-order valence-electron chi connectivity index (χ2n) is 6.48. The van der Waals surface area contributed by atoms with E-state index in [1.165, 1.54) is 0 Å². The summed E-state index contributed by atoms with van der Waals surface area (Å²) in [5.41, 5.74) is 0.0207. The molecule has 1 fully saturated rings. The number of rotatable bonds is 1. The van der Waals surface area contributed by atoms with Gasteiger partial charge in [-0.25, -0.2) is 0 Å². The van der Waals surface area contributed by atoms with Crippen LogP contribution in [0.15, 0.2) is 0 Å². The first-order valence-electron chi connectivity index (χ1n) is 5.77. The van der Waals surface area contributed by atoms with Gasteiger partial charge >= 0.3 is 0 Å². The fourth-order valence-corrected chi connectivity index (χ4v) is 2.25. The number of nitrogens with one attached hydrogen (secondary N) is 1. The normalized spacial score (nSPS) is 24.5. The predicted octanol–water partition coefficient (Wildman–Crippen LogP) is 1.62. The van der Waals surface area contributed by atoms with Gasteiger partial charge in [-0.3, -0.25) is 5.32 Å². The fourth-order valence-electron chi connectivity index (χ4n) is 2.25. The summed E-state index contributed by atoms with van der Waals surface area (Å²) >= 11 is 0. The molecule has 2 heteroatoms. The quantitative estimate of drug-likeness (QED) is 0.511. The van der Waals surface area contributed by atoms with Crippen molar-refractivity contribution < 1.29 is 4.48 Å². The van der Waals surface area contributed by atoms with E-state index < -0.39 is 0 Å². The van der Waals surface area contributed by atoms with E-state index in [9.17, 15) is 0 Å². The Morgan fingerprint density at radius 3 is 2.00 bits per heavy atom. The topological polar surface area (TPSA) is 12.0 Å². The van der Waals surface area contributed by atoms with Crippen molar-refractivity contribution in [1.82, 2.24) is 5.32 Å². The average molecular weight is 209 g/mol. The molecule has 0 unspecified atom stereocenters. The molecule has 0 aromatic rings. The molecule has 1 N–H and O–H groups in total. The maximum Gasteiger partial charge on any atom is 0.0909 e. The van der Waals surface area contributed by atoms with Gasteiger partial charge in [0.2, 0.25) is 0 Å². The molecular formula is C13H25N2+. The molecule has 1 aliphatic rings. The van der Waals surface area contributed by atoms with Gasteiger partial charge in [0.1, 0.15) is 0 Å². The Hall–Kier alpha value is -0.520. The van der Waals surface area contributed by atoms with Crippen LogP contribution in [0, 0.1) is 12.3 Å². The zero-order valence-corrected chi connectivity index (χ0v) is 10.9. The van der Waals surface area contributed by atoms with Crippen molar-refractivity contribution in [3.63, 3.8) is 0 Å². The molecular weight excluding hydrogens is 184 g/mol. The van der Waals surface area contributed by atoms with Crippen molar-refractivity contribution in [3.05, 3.63) is 0 Å².